The fourth-order valence-electron chi connectivity index (χ4n) is 4.87. The van der Waals surface area contributed by atoms with Gasteiger partial charge in [0.25, 0.3) is 11.8 Å². The Hall–Kier alpha value is -4.86. The number of rotatable bonds is 5. The number of imide groups is 1. The average Bonchev–Trinajstić information content (AvgIpc) is 2.94. The zero-order chi connectivity index (χ0) is 31.6. The fourth-order valence-corrected chi connectivity index (χ4v) is 4.87. The van der Waals surface area contributed by atoms with Gasteiger partial charge in [-0.1, -0.05) is 60.7 Å². The van der Waals surface area contributed by atoms with Crippen molar-refractivity contribution in [3.8, 4) is 5.75 Å². The predicted molar refractivity (Wildman–Crippen MR) is 159 cm³/mol. The maximum absolute atomic E-state index is 15.0. The van der Waals surface area contributed by atoms with Gasteiger partial charge in [0.2, 0.25) is 0 Å². The lowest BCUT2D eigenvalue weighted by atomic mass is 9.75. The number of amides is 4. The van der Waals surface area contributed by atoms with E-state index < -0.39 is 40.7 Å². The summed E-state index contributed by atoms with van der Waals surface area (Å²) in [5, 5.41) is 0.833. The topological polar surface area (TPSA) is 114 Å². The summed E-state index contributed by atoms with van der Waals surface area (Å²) in [6.07, 6.45) is -2.03. The van der Waals surface area contributed by atoms with Gasteiger partial charge in [-0.3, -0.25) is 14.5 Å². The van der Waals surface area contributed by atoms with Gasteiger partial charge < -0.3 is 14.2 Å². The van der Waals surface area contributed by atoms with Crippen molar-refractivity contribution >= 4 is 24.0 Å². The molecule has 1 atom stereocenters. The SMILES string of the molecule is COc1ccc(C2(N(NC(=O)OC(C)(C)C)C(=O)OC(C)(C)C)C(=O)N(Cc3ccccc3)C(=O)c3ccccc32)cc1. The summed E-state index contributed by atoms with van der Waals surface area (Å²) in [6, 6.07) is 22.0. The Morgan fingerprint density at radius 3 is 1.98 bits per heavy atom. The van der Waals surface area contributed by atoms with Gasteiger partial charge >= 0.3 is 12.2 Å². The third kappa shape index (κ3) is 6.48. The molecule has 0 spiro atoms. The highest BCUT2D eigenvalue weighted by Gasteiger charge is 2.59. The predicted octanol–water partition coefficient (Wildman–Crippen LogP) is 5.80. The van der Waals surface area contributed by atoms with Crippen LogP contribution in [-0.4, -0.2) is 52.2 Å². The Morgan fingerprint density at radius 1 is 0.814 bits per heavy atom. The third-order valence-corrected chi connectivity index (χ3v) is 6.55. The summed E-state index contributed by atoms with van der Waals surface area (Å²) >= 11 is 0. The Balaban J connectivity index is 2.04. The molecular formula is C33H37N3O7. The Kier molecular flexibility index (Phi) is 8.52. The first-order valence-corrected chi connectivity index (χ1v) is 13.8. The second-order valence-corrected chi connectivity index (χ2v) is 12.1. The lowest BCUT2D eigenvalue weighted by Crippen LogP contribution is -2.68. The van der Waals surface area contributed by atoms with Gasteiger partial charge in [-0.25, -0.2) is 15.0 Å². The van der Waals surface area contributed by atoms with Crippen molar-refractivity contribution in [1.29, 1.82) is 0 Å². The molecule has 1 aliphatic rings. The molecule has 0 radical (unpaired) electrons. The molecule has 4 rings (SSSR count). The first kappa shape index (κ1) is 31.1. The molecule has 0 saturated heterocycles. The van der Waals surface area contributed by atoms with Crippen LogP contribution in [0, 0.1) is 0 Å². The standard InChI is InChI=1S/C33H37N3O7/c1-31(2,3)42-29(39)34-36(30(40)43-32(4,5)6)33(23-17-19-24(41-7)20-18-23)26-16-12-11-15-25(26)27(37)35(28(33)38)21-22-13-9-8-10-14-22/h8-20H,21H2,1-7H3,(H,34,39). The highest BCUT2D eigenvalue weighted by molar-refractivity contribution is 6.15. The second-order valence-electron chi connectivity index (χ2n) is 12.1. The van der Waals surface area contributed by atoms with E-state index in [0.717, 1.165) is 9.91 Å². The van der Waals surface area contributed by atoms with Crippen LogP contribution in [0.2, 0.25) is 0 Å². The molecule has 1 unspecified atom stereocenters. The van der Waals surface area contributed by atoms with E-state index >= 15 is 0 Å². The molecule has 3 aromatic carbocycles. The van der Waals surface area contributed by atoms with Crippen LogP contribution in [-0.2, 0) is 26.4 Å². The van der Waals surface area contributed by atoms with Crippen LogP contribution in [0.1, 0.15) is 68.6 Å². The van der Waals surface area contributed by atoms with Crippen LogP contribution in [0.4, 0.5) is 9.59 Å². The number of hydrogen-bond acceptors (Lipinski definition) is 7. The number of carbonyl (C=O) groups excluding carboxylic acids is 4. The van der Waals surface area contributed by atoms with Crippen molar-refractivity contribution in [3.63, 3.8) is 0 Å². The molecule has 226 valence electrons. The zero-order valence-electron chi connectivity index (χ0n) is 25.5. The number of hydrogen-bond donors (Lipinski definition) is 1. The van der Waals surface area contributed by atoms with Crippen molar-refractivity contribution in [2.24, 2.45) is 0 Å². The number of fused-ring (bicyclic) bond motifs is 1. The maximum atomic E-state index is 15.0. The summed E-state index contributed by atoms with van der Waals surface area (Å²) in [5.74, 6) is -0.821. The van der Waals surface area contributed by atoms with E-state index in [0.29, 0.717) is 11.3 Å². The van der Waals surface area contributed by atoms with E-state index in [9.17, 15) is 19.2 Å². The summed E-state index contributed by atoms with van der Waals surface area (Å²) in [7, 11) is 1.50. The normalized spacial score (nSPS) is 16.7. The quantitative estimate of drug-likeness (QED) is 0.297. The first-order chi connectivity index (χ1) is 20.2. The molecule has 0 aliphatic carbocycles. The smallest absolute Gasteiger partial charge is 0.431 e. The van der Waals surface area contributed by atoms with Crippen molar-refractivity contribution in [3.05, 3.63) is 101 Å². The lowest BCUT2D eigenvalue weighted by Gasteiger charge is -2.47. The molecule has 10 nitrogen and oxygen atoms in total. The minimum absolute atomic E-state index is 0.0840. The second kappa shape index (κ2) is 11.8. The van der Waals surface area contributed by atoms with E-state index in [-0.39, 0.29) is 23.2 Å². The Morgan fingerprint density at radius 2 is 1.40 bits per heavy atom. The zero-order valence-corrected chi connectivity index (χ0v) is 25.5. The monoisotopic (exact) mass is 587 g/mol. The molecule has 4 amide bonds. The minimum atomic E-state index is -2.09. The largest absolute Gasteiger partial charge is 0.497 e. The number of benzene rings is 3. The molecule has 3 aromatic rings. The van der Waals surface area contributed by atoms with Crippen LogP contribution >= 0.6 is 0 Å². The van der Waals surface area contributed by atoms with Gasteiger partial charge in [0.15, 0.2) is 5.54 Å². The molecular weight excluding hydrogens is 550 g/mol. The number of nitrogens with zero attached hydrogens (tertiary/aromatic N) is 2. The van der Waals surface area contributed by atoms with Crippen molar-refractivity contribution < 1.29 is 33.4 Å². The first-order valence-electron chi connectivity index (χ1n) is 13.8. The maximum Gasteiger partial charge on any atom is 0.431 e. The average molecular weight is 588 g/mol. The number of methoxy groups -OCH3 is 1. The van der Waals surface area contributed by atoms with Crippen LogP contribution in [0.15, 0.2) is 78.9 Å². The van der Waals surface area contributed by atoms with Crippen LogP contribution in [0.25, 0.3) is 0 Å². The lowest BCUT2D eigenvalue weighted by molar-refractivity contribution is -0.143. The molecule has 0 fully saturated rings. The number of carbonyl (C=O) groups is 4. The molecule has 43 heavy (non-hydrogen) atoms. The summed E-state index contributed by atoms with van der Waals surface area (Å²) in [4.78, 5) is 57.4. The van der Waals surface area contributed by atoms with Crippen molar-refractivity contribution in [2.45, 2.75) is 64.8 Å². The molecule has 10 heteroatoms. The minimum Gasteiger partial charge on any atom is -0.497 e. The fraction of sp³-hybridized carbons (Fsp3) is 0.333. The molecule has 0 aromatic heterocycles. The van der Waals surface area contributed by atoms with Gasteiger partial charge in [-0.15, -0.1) is 0 Å². The Bertz CT molecular complexity index is 1510. The molecule has 1 aliphatic heterocycles. The van der Waals surface area contributed by atoms with E-state index in [1.54, 1.807) is 114 Å². The number of hydrazine groups is 1. The third-order valence-electron chi connectivity index (χ3n) is 6.55. The van der Waals surface area contributed by atoms with Gasteiger partial charge in [0, 0.05) is 11.1 Å². The van der Waals surface area contributed by atoms with Crippen molar-refractivity contribution in [1.82, 2.24) is 15.3 Å². The number of ether oxygens (including phenoxy) is 3. The molecule has 0 bridgehead atoms. The van der Waals surface area contributed by atoms with Gasteiger partial charge in [-0.05, 0) is 70.9 Å². The van der Waals surface area contributed by atoms with Crippen LogP contribution in [0.5, 0.6) is 5.75 Å². The van der Waals surface area contributed by atoms with Gasteiger partial charge in [0.05, 0.1) is 13.7 Å². The van der Waals surface area contributed by atoms with Gasteiger partial charge in [-0.2, -0.15) is 5.01 Å². The molecule has 1 N–H and O–H groups in total. The summed E-state index contributed by atoms with van der Waals surface area (Å²) in [5.41, 5.74) is -0.198. The highest BCUT2D eigenvalue weighted by atomic mass is 16.6. The highest BCUT2D eigenvalue weighted by Crippen LogP contribution is 2.44. The molecule has 0 saturated carbocycles. The van der Waals surface area contributed by atoms with Gasteiger partial charge in [0.1, 0.15) is 17.0 Å². The van der Waals surface area contributed by atoms with E-state index in [2.05, 4.69) is 5.43 Å². The van der Waals surface area contributed by atoms with Crippen LogP contribution in [0.3, 0.4) is 0 Å². The number of nitrogens with one attached hydrogen (secondary N) is 1. The molecule has 1 heterocycles. The van der Waals surface area contributed by atoms with Crippen molar-refractivity contribution in [2.75, 3.05) is 7.11 Å². The van der Waals surface area contributed by atoms with E-state index in [4.69, 9.17) is 14.2 Å². The Labute approximate surface area is 251 Å². The van der Waals surface area contributed by atoms with E-state index in [1.807, 2.05) is 6.07 Å². The summed E-state index contributed by atoms with van der Waals surface area (Å²) in [6.45, 7) is 9.93. The van der Waals surface area contributed by atoms with Crippen LogP contribution < -0.4 is 10.2 Å². The van der Waals surface area contributed by atoms with E-state index in [1.165, 1.54) is 7.11 Å². The summed E-state index contributed by atoms with van der Waals surface area (Å²) < 4.78 is 16.6.